The van der Waals surface area contributed by atoms with E-state index >= 15 is 0 Å². The van der Waals surface area contributed by atoms with Crippen LogP contribution in [-0.4, -0.2) is 26.6 Å². The van der Waals surface area contributed by atoms with Crippen molar-refractivity contribution < 1.29 is 14.0 Å². The Kier molecular flexibility index (Phi) is 4.53. The lowest BCUT2D eigenvalue weighted by Gasteiger charge is -2.27. The maximum Gasteiger partial charge on any atom is 0.258 e. The van der Waals surface area contributed by atoms with Crippen LogP contribution in [0.1, 0.15) is 34.3 Å². The number of methoxy groups -OCH3 is 1. The van der Waals surface area contributed by atoms with Gasteiger partial charge < -0.3 is 19.0 Å². The van der Waals surface area contributed by atoms with Crippen molar-refractivity contribution in [2.24, 2.45) is 0 Å². The molecule has 6 aromatic rings. The Hall–Kier alpha value is -4.85. The van der Waals surface area contributed by atoms with Gasteiger partial charge in [-0.3, -0.25) is 9.20 Å². The van der Waals surface area contributed by atoms with Crippen LogP contribution in [-0.2, 0) is 0 Å². The van der Waals surface area contributed by atoms with Crippen LogP contribution in [0.3, 0.4) is 0 Å². The molecule has 0 aliphatic carbocycles. The molecule has 3 aromatic heterocycles. The lowest BCUT2D eigenvalue weighted by molar-refractivity contribution is 0.393. The zero-order valence-corrected chi connectivity index (χ0v) is 20.4. The normalized spacial score (nSPS) is 12.9. The fourth-order valence-electron chi connectivity index (χ4n) is 5.45. The van der Waals surface area contributed by atoms with E-state index in [9.17, 15) is 4.79 Å². The summed E-state index contributed by atoms with van der Waals surface area (Å²) >= 11 is 0. The minimum absolute atomic E-state index is 0.203. The first-order valence-corrected chi connectivity index (χ1v) is 12.0. The van der Waals surface area contributed by atoms with Crippen molar-refractivity contribution in [1.82, 2.24) is 19.5 Å². The third kappa shape index (κ3) is 3.05. The highest BCUT2D eigenvalue weighted by molar-refractivity contribution is 5.90. The Labute approximate surface area is 211 Å². The Morgan fingerprint density at radius 3 is 2.35 bits per heavy atom. The smallest absolute Gasteiger partial charge is 0.258 e. The molecule has 37 heavy (non-hydrogen) atoms. The first-order valence-electron chi connectivity index (χ1n) is 12.0. The third-order valence-corrected chi connectivity index (χ3v) is 7.07. The van der Waals surface area contributed by atoms with E-state index in [1.165, 1.54) is 0 Å². The number of aromatic amines is 1. The highest BCUT2D eigenvalue weighted by Gasteiger charge is 2.32. The molecule has 182 valence electrons. The first-order chi connectivity index (χ1) is 18.0. The molecular formula is C29H22N4O4. The molecule has 0 fully saturated rings. The van der Waals surface area contributed by atoms with Crippen LogP contribution in [0.4, 0.5) is 0 Å². The van der Waals surface area contributed by atoms with Crippen LogP contribution >= 0.6 is 0 Å². The number of imidazole rings is 1. The Morgan fingerprint density at radius 2 is 1.70 bits per heavy atom. The maximum atomic E-state index is 13.3. The molecule has 0 saturated carbocycles. The molecular weight excluding hydrogens is 468 g/mol. The highest BCUT2D eigenvalue weighted by Crippen LogP contribution is 2.47. The predicted octanol–water partition coefficient (Wildman–Crippen LogP) is 5.74. The fourth-order valence-corrected chi connectivity index (χ4v) is 5.45. The summed E-state index contributed by atoms with van der Waals surface area (Å²) in [5.41, 5.74) is 5.39. The van der Waals surface area contributed by atoms with Crippen molar-refractivity contribution in [2.45, 2.75) is 19.8 Å². The summed E-state index contributed by atoms with van der Waals surface area (Å²) in [6.45, 7) is 3.72. The molecule has 0 atom stereocenters. The molecule has 1 aliphatic rings. The molecule has 3 aromatic carbocycles. The molecule has 0 spiro atoms. The predicted molar refractivity (Wildman–Crippen MR) is 139 cm³/mol. The highest BCUT2D eigenvalue weighted by atomic mass is 16.5. The number of hydrogen-bond acceptors (Lipinski definition) is 6. The van der Waals surface area contributed by atoms with Gasteiger partial charge >= 0.3 is 0 Å². The second kappa shape index (κ2) is 7.83. The van der Waals surface area contributed by atoms with Crippen LogP contribution in [0, 0.1) is 13.8 Å². The SMILES string of the molecule is COc1cc2c(cc1-c1c(C)noc1C)c(=O)[nH]c1cnc(C3c4ccccc4Oc4ccccc43)n12. The van der Waals surface area contributed by atoms with Gasteiger partial charge in [0.05, 0.1) is 41.4 Å². The number of fused-ring (bicyclic) bond motifs is 5. The van der Waals surface area contributed by atoms with E-state index in [-0.39, 0.29) is 11.5 Å². The number of benzene rings is 3. The molecule has 4 heterocycles. The Balaban J connectivity index is 1.56. The van der Waals surface area contributed by atoms with E-state index in [1.807, 2.05) is 66.8 Å². The number of ether oxygens (including phenoxy) is 2. The maximum absolute atomic E-state index is 13.3. The number of aryl methyl sites for hydroxylation is 2. The van der Waals surface area contributed by atoms with Crippen molar-refractivity contribution in [1.29, 1.82) is 0 Å². The van der Waals surface area contributed by atoms with E-state index in [0.29, 0.717) is 28.1 Å². The molecule has 1 aliphatic heterocycles. The minimum atomic E-state index is -0.211. The quantitative estimate of drug-likeness (QED) is 0.339. The number of hydrogen-bond donors (Lipinski definition) is 1. The van der Waals surface area contributed by atoms with Crippen LogP contribution in [0.2, 0.25) is 0 Å². The Morgan fingerprint density at radius 1 is 1.00 bits per heavy atom. The Bertz CT molecular complexity index is 1850. The number of rotatable bonds is 3. The van der Waals surface area contributed by atoms with E-state index in [1.54, 1.807) is 13.3 Å². The number of H-pyrrole nitrogens is 1. The van der Waals surface area contributed by atoms with Crippen molar-refractivity contribution in [3.8, 4) is 28.4 Å². The van der Waals surface area contributed by atoms with E-state index < -0.39 is 0 Å². The number of para-hydroxylation sites is 2. The number of aromatic nitrogens is 4. The van der Waals surface area contributed by atoms with Gasteiger partial charge in [-0.05, 0) is 32.0 Å². The van der Waals surface area contributed by atoms with Crippen LogP contribution in [0.5, 0.6) is 17.2 Å². The van der Waals surface area contributed by atoms with E-state index in [4.69, 9.17) is 19.0 Å². The lowest BCUT2D eigenvalue weighted by Crippen LogP contribution is -2.16. The van der Waals surface area contributed by atoms with Crippen LogP contribution < -0.4 is 15.0 Å². The van der Waals surface area contributed by atoms with Gasteiger partial charge in [-0.15, -0.1) is 0 Å². The van der Waals surface area contributed by atoms with E-state index in [0.717, 1.165) is 45.3 Å². The van der Waals surface area contributed by atoms with Crippen molar-refractivity contribution in [3.05, 3.63) is 106 Å². The van der Waals surface area contributed by atoms with Gasteiger partial charge in [-0.1, -0.05) is 41.6 Å². The average Bonchev–Trinajstić information content (AvgIpc) is 3.48. The van der Waals surface area contributed by atoms with E-state index in [2.05, 4.69) is 22.3 Å². The van der Waals surface area contributed by atoms with Gasteiger partial charge in [0.1, 0.15) is 34.5 Å². The molecule has 0 amide bonds. The summed E-state index contributed by atoms with van der Waals surface area (Å²) < 4.78 is 19.4. The fraction of sp³-hybridized carbons (Fsp3) is 0.138. The van der Waals surface area contributed by atoms with Gasteiger partial charge in [0.2, 0.25) is 0 Å². The summed E-state index contributed by atoms with van der Waals surface area (Å²) in [5.74, 6) is 3.41. The topological polar surface area (TPSA) is 94.7 Å². The van der Waals surface area contributed by atoms with Gasteiger partial charge in [0.25, 0.3) is 5.56 Å². The summed E-state index contributed by atoms with van der Waals surface area (Å²) in [6.07, 6.45) is 1.70. The second-order valence-corrected chi connectivity index (χ2v) is 9.17. The van der Waals surface area contributed by atoms with Crippen LogP contribution in [0.25, 0.3) is 27.7 Å². The standard InChI is InChI=1S/C29H22N4O4/c1-15-26(16(2)37-32-15)20-12-19-21(13-24(20)35-3)33-25(31-29(19)34)14-30-28(33)27-17-8-4-6-10-22(17)36-23-11-7-5-9-18(23)27/h4-14,27H,1-3H3,(H,31,34). The summed E-state index contributed by atoms with van der Waals surface area (Å²) in [7, 11) is 1.62. The van der Waals surface area contributed by atoms with Crippen molar-refractivity contribution in [2.75, 3.05) is 7.11 Å². The summed E-state index contributed by atoms with van der Waals surface area (Å²) in [4.78, 5) is 21.1. The molecule has 0 unspecified atom stereocenters. The van der Waals surface area contributed by atoms with Crippen molar-refractivity contribution >= 4 is 16.6 Å². The molecule has 0 saturated heterocycles. The first kappa shape index (κ1) is 21.4. The number of nitrogens with one attached hydrogen (secondary N) is 1. The van der Waals surface area contributed by atoms with Gasteiger partial charge in [0, 0.05) is 22.8 Å². The molecule has 0 radical (unpaired) electrons. The second-order valence-electron chi connectivity index (χ2n) is 9.17. The summed E-state index contributed by atoms with van der Waals surface area (Å²) in [5, 5.41) is 4.60. The zero-order valence-electron chi connectivity index (χ0n) is 20.4. The van der Waals surface area contributed by atoms with Gasteiger partial charge in [-0.2, -0.15) is 0 Å². The molecule has 7 rings (SSSR count). The molecule has 8 heteroatoms. The lowest BCUT2D eigenvalue weighted by atomic mass is 9.87. The monoisotopic (exact) mass is 490 g/mol. The molecule has 0 bridgehead atoms. The van der Waals surface area contributed by atoms with Crippen LogP contribution in [0.15, 0.2) is 76.2 Å². The summed E-state index contributed by atoms with van der Waals surface area (Å²) in [6, 6.07) is 19.7. The average molecular weight is 491 g/mol. The zero-order chi connectivity index (χ0) is 25.3. The minimum Gasteiger partial charge on any atom is -0.496 e. The number of nitrogens with zero attached hydrogens (tertiary/aromatic N) is 3. The molecule has 1 N–H and O–H groups in total. The van der Waals surface area contributed by atoms with Gasteiger partial charge in [0.15, 0.2) is 0 Å². The van der Waals surface area contributed by atoms with Crippen molar-refractivity contribution in [3.63, 3.8) is 0 Å². The molecule has 8 nitrogen and oxygen atoms in total. The largest absolute Gasteiger partial charge is 0.496 e. The third-order valence-electron chi connectivity index (χ3n) is 7.07. The van der Waals surface area contributed by atoms with Gasteiger partial charge in [-0.25, -0.2) is 4.98 Å².